The highest BCUT2D eigenvalue weighted by Crippen LogP contribution is 2.09. The Morgan fingerprint density at radius 2 is 2.00 bits per heavy atom. The van der Waals surface area contributed by atoms with E-state index in [1.54, 1.807) is 0 Å². The average Bonchev–Trinajstić information content (AvgIpc) is 2.74. The number of urea groups is 1. The summed E-state index contributed by atoms with van der Waals surface area (Å²) in [5.74, 6) is 0.0271. The van der Waals surface area contributed by atoms with Crippen molar-refractivity contribution in [2.75, 3.05) is 10.6 Å². The highest BCUT2D eigenvalue weighted by Gasteiger charge is 2.03. The van der Waals surface area contributed by atoms with Crippen LogP contribution >= 0.6 is 11.7 Å². The van der Waals surface area contributed by atoms with Gasteiger partial charge in [0.1, 0.15) is 5.82 Å². The molecule has 0 radical (unpaired) electrons. The Labute approximate surface area is 94.6 Å². The van der Waals surface area contributed by atoms with E-state index >= 15 is 0 Å². The lowest BCUT2D eigenvalue weighted by Gasteiger charge is -2.04. The number of nitrogens with one attached hydrogen (secondary N) is 2. The second-order valence-electron chi connectivity index (χ2n) is 2.88. The molecule has 2 aromatic rings. The lowest BCUT2D eigenvalue weighted by Crippen LogP contribution is -2.19. The third-order valence-corrected chi connectivity index (χ3v) is 2.18. The van der Waals surface area contributed by atoms with Gasteiger partial charge in [-0.1, -0.05) is 0 Å². The van der Waals surface area contributed by atoms with Crippen LogP contribution in [0.5, 0.6) is 0 Å². The third-order valence-electron chi connectivity index (χ3n) is 1.70. The Hall–Kier alpha value is -2.02. The largest absolute Gasteiger partial charge is 0.324 e. The minimum Gasteiger partial charge on any atom is -0.308 e. The number of rotatable bonds is 2. The number of aromatic nitrogens is 2. The van der Waals surface area contributed by atoms with E-state index in [4.69, 9.17) is 0 Å². The maximum Gasteiger partial charge on any atom is 0.324 e. The van der Waals surface area contributed by atoms with Gasteiger partial charge in [0.15, 0.2) is 5.82 Å². The van der Waals surface area contributed by atoms with E-state index in [1.807, 2.05) is 0 Å². The summed E-state index contributed by atoms with van der Waals surface area (Å²) in [7, 11) is 0. The summed E-state index contributed by atoms with van der Waals surface area (Å²) in [6, 6.07) is 5.02. The van der Waals surface area contributed by atoms with Crippen LogP contribution in [-0.4, -0.2) is 14.8 Å². The third kappa shape index (κ3) is 2.74. The lowest BCUT2D eigenvalue weighted by atomic mass is 10.3. The molecule has 1 aromatic heterocycles. The van der Waals surface area contributed by atoms with Gasteiger partial charge in [0, 0.05) is 5.69 Å². The maximum atomic E-state index is 12.6. The summed E-state index contributed by atoms with van der Waals surface area (Å²) < 4.78 is 20.1. The minimum absolute atomic E-state index is 0.352. The summed E-state index contributed by atoms with van der Waals surface area (Å²) in [4.78, 5) is 11.4. The number of hydrogen-bond donors (Lipinski definition) is 2. The molecule has 0 saturated carbocycles. The summed E-state index contributed by atoms with van der Waals surface area (Å²) in [6.07, 6.45) is 1.44. The van der Waals surface area contributed by atoms with Gasteiger partial charge >= 0.3 is 6.03 Å². The smallest absolute Gasteiger partial charge is 0.308 e. The first-order chi connectivity index (χ1) is 7.74. The van der Waals surface area contributed by atoms with Crippen LogP contribution in [0.1, 0.15) is 0 Å². The summed E-state index contributed by atoms with van der Waals surface area (Å²) in [5, 5.41) is 5.01. The summed E-state index contributed by atoms with van der Waals surface area (Å²) in [5.41, 5.74) is 0.502. The first-order valence-corrected chi connectivity index (χ1v) is 5.08. The molecule has 0 spiro atoms. The van der Waals surface area contributed by atoms with Gasteiger partial charge in [0.25, 0.3) is 0 Å². The van der Waals surface area contributed by atoms with Crippen LogP contribution in [0.15, 0.2) is 30.5 Å². The summed E-state index contributed by atoms with van der Waals surface area (Å²) in [6.45, 7) is 0. The number of halogens is 1. The van der Waals surface area contributed by atoms with E-state index in [0.29, 0.717) is 11.5 Å². The lowest BCUT2D eigenvalue weighted by molar-refractivity contribution is 0.262. The zero-order valence-corrected chi connectivity index (χ0v) is 8.79. The molecule has 0 saturated heterocycles. The Kier molecular flexibility index (Phi) is 3.06. The molecule has 2 rings (SSSR count). The second kappa shape index (κ2) is 4.67. The summed E-state index contributed by atoms with van der Waals surface area (Å²) >= 11 is 0.998. The van der Waals surface area contributed by atoms with Crippen LogP contribution in [0.2, 0.25) is 0 Å². The Morgan fingerprint density at radius 3 is 2.62 bits per heavy atom. The first-order valence-electron chi connectivity index (χ1n) is 4.35. The molecule has 0 fully saturated rings. The molecule has 82 valence electrons. The van der Waals surface area contributed by atoms with Crippen molar-refractivity contribution >= 4 is 29.3 Å². The van der Waals surface area contributed by atoms with Crippen LogP contribution in [0.25, 0.3) is 0 Å². The topological polar surface area (TPSA) is 66.9 Å². The van der Waals surface area contributed by atoms with Crippen LogP contribution in [0.4, 0.5) is 20.7 Å². The van der Waals surface area contributed by atoms with Gasteiger partial charge in [-0.3, -0.25) is 5.32 Å². The molecule has 5 nitrogen and oxygen atoms in total. The Morgan fingerprint density at radius 1 is 1.25 bits per heavy atom. The van der Waals surface area contributed by atoms with Crippen LogP contribution < -0.4 is 10.6 Å². The molecule has 2 amide bonds. The fourth-order valence-corrected chi connectivity index (χ4v) is 1.41. The highest BCUT2D eigenvalue weighted by atomic mass is 32.1. The van der Waals surface area contributed by atoms with Gasteiger partial charge in [-0.2, -0.15) is 8.75 Å². The molecule has 1 aromatic carbocycles. The van der Waals surface area contributed by atoms with E-state index in [9.17, 15) is 9.18 Å². The van der Waals surface area contributed by atoms with Gasteiger partial charge in [0.2, 0.25) is 0 Å². The van der Waals surface area contributed by atoms with Crippen LogP contribution in [0, 0.1) is 5.82 Å². The maximum absolute atomic E-state index is 12.6. The standard InChI is InChI=1S/C9H7FN4OS/c10-6-1-3-7(4-2-6)12-9(15)13-8-5-11-16-14-8/h1-5H,(H2,12,13,14,15). The number of carbonyl (C=O) groups excluding carboxylic acids is 1. The molecule has 0 aliphatic carbocycles. The number of anilines is 2. The van der Waals surface area contributed by atoms with E-state index in [2.05, 4.69) is 19.4 Å². The van der Waals surface area contributed by atoms with Crippen LogP contribution in [0.3, 0.4) is 0 Å². The predicted molar refractivity (Wildman–Crippen MR) is 59.0 cm³/mol. The van der Waals surface area contributed by atoms with Gasteiger partial charge in [-0.25, -0.2) is 9.18 Å². The fraction of sp³-hybridized carbons (Fsp3) is 0. The molecular weight excluding hydrogens is 231 g/mol. The molecule has 1 heterocycles. The van der Waals surface area contributed by atoms with Crippen molar-refractivity contribution in [2.45, 2.75) is 0 Å². The van der Waals surface area contributed by atoms with Crippen molar-refractivity contribution in [3.05, 3.63) is 36.3 Å². The van der Waals surface area contributed by atoms with Gasteiger partial charge in [-0.15, -0.1) is 0 Å². The highest BCUT2D eigenvalue weighted by molar-refractivity contribution is 6.99. The molecule has 7 heteroatoms. The van der Waals surface area contributed by atoms with Gasteiger partial charge in [-0.05, 0) is 24.3 Å². The molecule has 0 atom stereocenters. The Balaban J connectivity index is 1.95. The quantitative estimate of drug-likeness (QED) is 0.843. The number of nitrogens with zero attached hydrogens (tertiary/aromatic N) is 2. The van der Waals surface area contributed by atoms with E-state index < -0.39 is 6.03 Å². The normalized spacial score (nSPS) is 9.81. The van der Waals surface area contributed by atoms with Crippen molar-refractivity contribution < 1.29 is 9.18 Å². The van der Waals surface area contributed by atoms with E-state index in [-0.39, 0.29) is 5.82 Å². The number of benzene rings is 1. The van der Waals surface area contributed by atoms with Crippen molar-refractivity contribution in [2.24, 2.45) is 0 Å². The van der Waals surface area contributed by atoms with Gasteiger partial charge in [0.05, 0.1) is 17.9 Å². The van der Waals surface area contributed by atoms with Crippen molar-refractivity contribution in [1.29, 1.82) is 0 Å². The predicted octanol–water partition coefficient (Wildman–Crippen LogP) is 2.32. The van der Waals surface area contributed by atoms with Gasteiger partial charge < -0.3 is 5.32 Å². The van der Waals surface area contributed by atoms with Crippen molar-refractivity contribution in [3.63, 3.8) is 0 Å². The van der Waals surface area contributed by atoms with Crippen LogP contribution in [-0.2, 0) is 0 Å². The number of amides is 2. The zero-order chi connectivity index (χ0) is 11.4. The van der Waals surface area contributed by atoms with E-state index in [1.165, 1.54) is 30.5 Å². The molecule has 0 bridgehead atoms. The first kappa shape index (κ1) is 10.5. The molecule has 0 unspecified atom stereocenters. The SMILES string of the molecule is O=C(Nc1ccc(F)cc1)Nc1cnsn1. The Bertz CT molecular complexity index is 471. The van der Waals surface area contributed by atoms with Crippen molar-refractivity contribution in [1.82, 2.24) is 8.75 Å². The molecule has 16 heavy (non-hydrogen) atoms. The zero-order valence-electron chi connectivity index (χ0n) is 7.98. The molecule has 0 aliphatic heterocycles. The number of hydrogen-bond acceptors (Lipinski definition) is 4. The van der Waals surface area contributed by atoms with Crippen molar-refractivity contribution in [3.8, 4) is 0 Å². The molecule has 0 aliphatic rings. The van der Waals surface area contributed by atoms with E-state index in [0.717, 1.165) is 11.7 Å². The minimum atomic E-state index is -0.445. The fourth-order valence-electron chi connectivity index (χ4n) is 1.03. The number of carbonyl (C=O) groups is 1. The second-order valence-corrected chi connectivity index (χ2v) is 3.44. The average molecular weight is 238 g/mol. The molecule has 2 N–H and O–H groups in total. The molecular formula is C9H7FN4OS. The monoisotopic (exact) mass is 238 g/mol.